The second kappa shape index (κ2) is 7.56. The Morgan fingerprint density at radius 3 is 2.78 bits per heavy atom. The van der Waals surface area contributed by atoms with Crippen LogP contribution in [0.15, 0.2) is 41.9 Å². The summed E-state index contributed by atoms with van der Waals surface area (Å²) in [6, 6.07) is 8.13. The van der Waals surface area contributed by atoms with E-state index in [9.17, 15) is 0 Å². The van der Waals surface area contributed by atoms with E-state index in [1.807, 2.05) is 19.2 Å². The predicted octanol–water partition coefficient (Wildman–Crippen LogP) is 3.84. The van der Waals surface area contributed by atoms with Crippen molar-refractivity contribution in [3.8, 4) is 0 Å². The number of aryl methyl sites for hydroxylation is 1. The summed E-state index contributed by atoms with van der Waals surface area (Å²) >= 11 is 7.64. The first-order chi connectivity index (χ1) is 15.6. The molecule has 162 valence electrons. The standard InChI is InChI=1S/C21H20ClN9S/c1-3-30-20(15-8-14(15)12-4-6-13(22)7-5-12)26-27-21(30)32-10-17-25-19-16-9-24-29(2)18(16)23-11-31(19)28-17/h4-7,9,11,14-15H,3,8,10H2,1-2H3/t14-,15-/m0/s1. The van der Waals surface area contributed by atoms with Gasteiger partial charge >= 0.3 is 0 Å². The minimum Gasteiger partial charge on any atom is -0.306 e. The smallest absolute Gasteiger partial charge is 0.191 e. The van der Waals surface area contributed by atoms with Gasteiger partial charge in [0.05, 0.1) is 17.3 Å². The number of halogens is 1. The molecule has 2 atom stereocenters. The van der Waals surface area contributed by atoms with Crippen molar-refractivity contribution in [2.24, 2.45) is 7.05 Å². The van der Waals surface area contributed by atoms with Gasteiger partial charge in [-0.25, -0.2) is 14.5 Å². The van der Waals surface area contributed by atoms with Crippen LogP contribution in [0.4, 0.5) is 0 Å². The Morgan fingerprint density at radius 2 is 1.97 bits per heavy atom. The summed E-state index contributed by atoms with van der Waals surface area (Å²) in [4.78, 5) is 9.12. The Morgan fingerprint density at radius 1 is 1.12 bits per heavy atom. The number of hydrogen-bond acceptors (Lipinski definition) is 7. The molecule has 0 bridgehead atoms. The molecule has 1 aromatic carbocycles. The fourth-order valence-corrected chi connectivity index (χ4v) is 5.19. The number of hydrogen-bond donors (Lipinski definition) is 0. The van der Waals surface area contributed by atoms with E-state index in [0.717, 1.165) is 51.5 Å². The number of benzene rings is 1. The lowest BCUT2D eigenvalue weighted by Gasteiger charge is -2.06. The molecule has 0 radical (unpaired) electrons. The quantitative estimate of drug-likeness (QED) is 0.352. The van der Waals surface area contributed by atoms with Crippen LogP contribution in [0.2, 0.25) is 5.02 Å². The number of rotatable bonds is 6. The van der Waals surface area contributed by atoms with Crippen molar-refractivity contribution in [2.45, 2.75) is 42.6 Å². The zero-order valence-corrected chi connectivity index (χ0v) is 19.1. The molecule has 0 N–H and O–H groups in total. The van der Waals surface area contributed by atoms with Crippen molar-refractivity contribution < 1.29 is 0 Å². The lowest BCUT2D eigenvalue weighted by atomic mass is 10.1. The summed E-state index contributed by atoms with van der Waals surface area (Å²) in [5, 5.41) is 20.4. The maximum Gasteiger partial charge on any atom is 0.191 e. The van der Waals surface area contributed by atoms with E-state index in [4.69, 9.17) is 16.6 Å². The van der Waals surface area contributed by atoms with Crippen LogP contribution >= 0.6 is 23.4 Å². The summed E-state index contributed by atoms with van der Waals surface area (Å²) in [7, 11) is 1.87. The predicted molar refractivity (Wildman–Crippen MR) is 122 cm³/mol. The molecule has 1 aliphatic carbocycles. The van der Waals surface area contributed by atoms with Crippen molar-refractivity contribution >= 4 is 40.0 Å². The molecule has 4 heterocycles. The van der Waals surface area contributed by atoms with Crippen molar-refractivity contribution in [3.05, 3.63) is 59.0 Å². The first kappa shape index (κ1) is 19.7. The Balaban J connectivity index is 1.21. The zero-order valence-electron chi connectivity index (χ0n) is 17.6. The van der Waals surface area contributed by atoms with Crippen molar-refractivity contribution in [1.82, 2.24) is 44.1 Å². The van der Waals surface area contributed by atoms with Crippen molar-refractivity contribution in [2.75, 3.05) is 0 Å². The number of thioether (sulfide) groups is 1. The Labute approximate surface area is 192 Å². The van der Waals surface area contributed by atoms with Crippen molar-refractivity contribution in [3.63, 3.8) is 0 Å². The lowest BCUT2D eigenvalue weighted by molar-refractivity contribution is 0.640. The molecule has 1 fully saturated rings. The molecule has 5 aromatic rings. The minimum absolute atomic E-state index is 0.399. The molecule has 0 amide bonds. The highest BCUT2D eigenvalue weighted by atomic mass is 35.5. The normalized spacial score (nSPS) is 18.1. The molecule has 32 heavy (non-hydrogen) atoms. The molecular formula is C21H20ClN9S. The van der Waals surface area contributed by atoms with Crippen LogP contribution in [0, 0.1) is 0 Å². The van der Waals surface area contributed by atoms with E-state index >= 15 is 0 Å². The molecule has 0 saturated heterocycles. The first-order valence-corrected chi connectivity index (χ1v) is 11.8. The minimum atomic E-state index is 0.399. The molecule has 0 aliphatic heterocycles. The SMILES string of the molecule is CCn1c(SCc2nc3c4cnn(C)c4ncn3n2)nnc1[C@H]1C[C@H]1c1ccc(Cl)cc1. The second-order valence-electron chi connectivity index (χ2n) is 7.92. The van der Waals surface area contributed by atoms with E-state index in [2.05, 4.69) is 49.0 Å². The first-order valence-electron chi connectivity index (χ1n) is 10.5. The highest BCUT2D eigenvalue weighted by Gasteiger charge is 2.43. The Bertz CT molecular complexity index is 1440. The fourth-order valence-electron chi connectivity index (χ4n) is 4.21. The van der Waals surface area contributed by atoms with Gasteiger partial charge < -0.3 is 4.57 Å². The van der Waals surface area contributed by atoms with Gasteiger partial charge in [0.15, 0.2) is 22.3 Å². The second-order valence-corrected chi connectivity index (χ2v) is 9.30. The van der Waals surface area contributed by atoms with E-state index < -0.39 is 0 Å². The van der Waals surface area contributed by atoms with Crippen molar-refractivity contribution in [1.29, 1.82) is 0 Å². The fraction of sp³-hybridized carbons (Fsp3) is 0.333. The number of fused-ring (bicyclic) bond motifs is 3. The molecule has 0 spiro atoms. The third kappa shape index (κ3) is 3.25. The third-order valence-electron chi connectivity index (χ3n) is 5.93. The average Bonchev–Trinajstić information content (AvgIpc) is 3.12. The maximum absolute atomic E-state index is 6.03. The molecule has 0 unspecified atom stereocenters. The van der Waals surface area contributed by atoms with Gasteiger partial charge in [-0.3, -0.25) is 4.68 Å². The molecular weight excluding hydrogens is 446 g/mol. The summed E-state index contributed by atoms with van der Waals surface area (Å²) < 4.78 is 5.65. The highest BCUT2D eigenvalue weighted by molar-refractivity contribution is 7.98. The van der Waals surface area contributed by atoms with Gasteiger partial charge in [0.2, 0.25) is 0 Å². The summed E-state index contributed by atoms with van der Waals surface area (Å²) in [5.41, 5.74) is 2.86. The highest BCUT2D eigenvalue weighted by Crippen LogP contribution is 2.54. The van der Waals surface area contributed by atoms with Crippen LogP contribution in [0.25, 0.3) is 16.7 Å². The molecule has 1 saturated carbocycles. The molecule has 6 rings (SSSR count). The average molecular weight is 466 g/mol. The van der Waals surface area contributed by atoms with E-state index in [1.165, 1.54) is 5.56 Å². The van der Waals surface area contributed by atoms with Crippen LogP contribution in [-0.2, 0) is 19.3 Å². The molecule has 4 aromatic heterocycles. The van der Waals surface area contributed by atoms with Crippen LogP contribution in [0.1, 0.15) is 42.4 Å². The monoisotopic (exact) mass is 465 g/mol. The largest absolute Gasteiger partial charge is 0.306 e. The van der Waals surface area contributed by atoms with Gasteiger partial charge in [-0.15, -0.1) is 15.3 Å². The van der Waals surface area contributed by atoms with Gasteiger partial charge in [0, 0.05) is 24.5 Å². The summed E-state index contributed by atoms with van der Waals surface area (Å²) in [6.45, 7) is 2.96. The van der Waals surface area contributed by atoms with Crippen LogP contribution in [-0.4, -0.2) is 44.1 Å². The number of nitrogens with zero attached hydrogens (tertiary/aromatic N) is 9. The molecule has 1 aliphatic rings. The van der Waals surface area contributed by atoms with E-state index in [1.54, 1.807) is 33.5 Å². The summed E-state index contributed by atoms with van der Waals surface area (Å²) in [6.07, 6.45) is 4.54. The van der Waals surface area contributed by atoms with E-state index in [-0.39, 0.29) is 0 Å². The van der Waals surface area contributed by atoms with Crippen LogP contribution in [0.3, 0.4) is 0 Å². The Hall–Kier alpha value is -2.98. The van der Waals surface area contributed by atoms with E-state index in [0.29, 0.717) is 17.6 Å². The Kier molecular flexibility index (Phi) is 4.65. The van der Waals surface area contributed by atoms with Gasteiger partial charge in [0.1, 0.15) is 12.2 Å². The molecule has 9 nitrogen and oxygen atoms in total. The third-order valence-corrected chi connectivity index (χ3v) is 7.14. The van der Waals surface area contributed by atoms with Gasteiger partial charge in [-0.05, 0) is 37.0 Å². The molecule has 11 heteroatoms. The topological polar surface area (TPSA) is 91.6 Å². The summed E-state index contributed by atoms with van der Waals surface area (Å²) in [5.74, 6) is 3.27. The maximum atomic E-state index is 6.03. The van der Waals surface area contributed by atoms with Crippen LogP contribution in [0.5, 0.6) is 0 Å². The van der Waals surface area contributed by atoms with Gasteiger partial charge in [-0.2, -0.15) is 5.10 Å². The number of aromatic nitrogens is 9. The lowest BCUT2D eigenvalue weighted by Crippen LogP contribution is -2.03. The zero-order chi connectivity index (χ0) is 21.8. The van der Waals surface area contributed by atoms with Gasteiger partial charge in [-0.1, -0.05) is 35.5 Å². The van der Waals surface area contributed by atoms with Gasteiger partial charge in [0.25, 0.3) is 0 Å². The van der Waals surface area contributed by atoms with Crippen LogP contribution < -0.4 is 0 Å².